The molecule has 0 aromatic heterocycles. The number of amides is 1. The zero-order valence-electron chi connectivity index (χ0n) is 7.23. The smallest absolute Gasteiger partial charge is 0.379 e. The summed E-state index contributed by atoms with van der Waals surface area (Å²) in [6, 6.07) is 0. The molecule has 5 nitrogen and oxygen atoms in total. The molecule has 1 fully saturated rings. The first-order valence-electron chi connectivity index (χ1n) is 3.78. The lowest BCUT2D eigenvalue weighted by molar-refractivity contribution is -0.0164. The van der Waals surface area contributed by atoms with Gasteiger partial charge in [0.05, 0.1) is 32.5 Å². The van der Waals surface area contributed by atoms with E-state index in [1.54, 1.807) is 4.31 Å². The topological polar surface area (TPSA) is 42.0 Å². The second-order valence-corrected chi connectivity index (χ2v) is 3.33. The minimum atomic E-state index is -1.61. The molecule has 0 spiro atoms. The molecule has 0 bridgehead atoms. The van der Waals surface area contributed by atoms with Crippen molar-refractivity contribution in [2.75, 3.05) is 33.4 Å². The van der Waals surface area contributed by atoms with Crippen LogP contribution in [0.3, 0.4) is 0 Å². The molecule has 1 heterocycles. The molecule has 1 aliphatic heterocycles. The molecular formula is C6H11FN2O3S. The van der Waals surface area contributed by atoms with Gasteiger partial charge >= 0.3 is 6.16 Å². The van der Waals surface area contributed by atoms with Gasteiger partial charge in [0, 0.05) is 13.1 Å². The van der Waals surface area contributed by atoms with E-state index in [2.05, 4.69) is 4.84 Å². The number of nitrogens with zero attached hydrogens (tertiary/aromatic N) is 2. The van der Waals surface area contributed by atoms with Crippen LogP contribution in [0.25, 0.3) is 0 Å². The van der Waals surface area contributed by atoms with Crippen LogP contribution in [0.5, 0.6) is 0 Å². The third kappa shape index (κ3) is 3.47. The van der Waals surface area contributed by atoms with Gasteiger partial charge in [-0.3, -0.25) is 4.84 Å². The Hall–Kier alpha value is -0.370. The number of hydroxylamine groups is 1. The van der Waals surface area contributed by atoms with E-state index in [1.807, 2.05) is 0 Å². The molecule has 1 aliphatic rings. The first-order valence-corrected chi connectivity index (χ1v) is 4.51. The molecule has 0 aromatic rings. The molecule has 0 unspecified atom stereocenters. The first-order chi connectivity index (χ1) is 6.24. The lowest BCUT2D eigenvalue weighted by Gasteiger charge is -2.27. The Bertz CT molecular complexity index is 177. The number of hydrogen-bond acceptors (Lipinski definition) is 5. The summed E-state index contributed by atoms with van der Waals surface area (Å²) in [4.78, 5) is 14.8. The van der Waals surface area contributed by atoms with E-state index in [0.29, 0.717) is 30.8 Å². The van der Waals surface area contributed by atoms with Gasteiger partial charge in [0.2, 0.25) is 0 Å². The molecule has 1 rings (SSSR count). The summed E-state index contributed by atoms with van der Waals surface area (Å²) < 4.78 is 19.7. The number of carbonyl (C=O) groups is 1. The largest absolute Gasteiger partial charge is 0.436 e. The average Bonchev–Trinajstić information content (AvgIpc) is 2.15. The monoisotopic (exact) mass is 210 g/mol. The van der Waals surface area contributed by atoms with Crippen LogP contribution in [0.15, 0.2) is 0 Å². The van der Waals surface area contributed by atoms with E-state index >= 15 is 0 Å². The molecule has 0 radical (unpaired) electrons. The molecule has 0 saturated carbocycles. The van der Waals surface area contributed by atoms with Crippen molar-refractivity contribution in [3.05, 3.63) is 0 Å². The van der Waals surface area contributed by atoms with Gasteiger partial charge in [-0.15, -0.1) is 8.86 Å². The quantitative estimate of drug-likeness (QED) is 0.299. The molecule has 0 N–H and O–H groups in total. The van der Waals surface area contributed by atoms with Gasteiger partial charge in [0.25, 0.3) is 0 Å². The van der Waals surface area contributed by atoms with Crippen LogP contribution in [0.4, 0.5) is 9.18 Å². The van der Waals surface area contributed by atoms with Crippen molar-refractivity contribution >= 4 is 18.3 Å². The number of rotatable bonds is 3. The van der Waals surface area contributed by atoms with Crippen LogP contribution in [0.1, 0.15) is 0 Å². The summed E-state index contributed by atoms with van der Waals surface area (Å²) in [5.41, 5.74) is 0. The van der Waals surface area contributed by atoms with Crippen molar-refractivity contribution in [3.63, 3.8) is 0 Å². The Morgan fingerprint density at radius 1 is 1.62 bits per heavy atom. The van der Waals surface area contributed by atoms with Crippen molar-refractivity contribution in [1.29, 1.82) is 0 Å². The van der Waals surface area contributed by atoms with Gasteiger partial charge in [0.1, 0.15) is 0 Å². The molecule has 7 heteroatoms. The number of morpholine rings is 1. The zero-order valence-corrected chi connectivity index (χ0v) is 8.05. The Morgan fingerprint density at radius 2 is 2.23 bits per heavy atom. The summed E-state index contributed by atoms with van der Waals surface area (Å²) in [6.45, 7) is 2.48. The molecule has 76 valence electrons. The van der Waals surface area contributed by atoms with Crippen LogP contribution < -0.4 is 0 Å². The number of halogens is 1. The Labute approximate surface area is 80.0 Å². The van der Waals surface area contributed by atoms with Crippen molar-refractivity contribution in [2.45, 2.75) is 0 Å². The summed E-state index contributed by atoms with van der Waals surface area (Å²) in [6.07, 6.45) is -1.61. The predicted molar refractivity (Wildman–Crippen MR) is 45.3 cm³/mol. The highest BCUT2D eigenvalue weighted by molar-refractivity contribution is 7.95. The Balaban J connectivity index is 2.31. The molecule has 1 amide bonds. The van der Waals surface area contributed by atoms with E-state index in [0.717, 1.165) is 12.1 Å². The van der Waals surface area contributed by atoms with Gasteiger partial charge in [0.15, 0.2) is 0 Å². The lowest BCUT2D eigenvalue weighted by Crippen LogP contribution is -2.35. The highest BCUT2D eigenvalue weighted by atomic mass is 32.2. The van der Waals surface area contributed by atoms with Crippen LogP contribution in [-0.2, 0) is 9.57 Å². The van der Waals surface area contributed by atoms with Gasteiger partial charge < -0.3 is 4.74 Å². The molecule has 1 saturated heterocycles. The fourth-order valence-corrected chi connectivity index (χ4v) is 1.52. The first kappa shape index (κ1) is 10.7. The van der Waals surface area contributed by atoms with Crippen LogP contribution in [-0.4, -0.2) is 48.3 Å². The van der Waals surface area contributed by atoms with E-state index in [9.17, 15) is 9.18 Å². The number of hydrogen-bond donors (Lipinski definition) is 0. The molecular weight excluding hydrogens is 199 g/mol. The van der Waals surface area contributed by atoms with Crippen LogP contribution in [0.2, 0.25) is 0 Å². The van der Waals surface area contributed by atoms with Crippen LogP contribution >= 0.6 is 12.1 Å². The Kier molecular flexibility index (Phi) is 4.43. The van der Waals surface area contributed by atoms with Crippen molar-refractivity contribution in [2.24, 2.45) is 0 Å². The van der Waals surface area contributed by atoms with E-state index < -0.39 is 6.16 Å². The fraction of sp³-hybridized carbons (Fsp3) is 0.833. The summed E-state index contributed by atoms with van der Waals surface area (Å²) in [7, 11) is 1.24. The number of carbonyl (C=O) groups excluding carboxylic acids is 1. The molecule has 0 atom stereocenters. The number of ether oxygens (including phenoxy) is 1. The minimum Gasteiger partial charge on any atom is -0.379 e. The fourth-order valence-electron chi connectivity index (χ4n) is 0.870. The summed E-state index contributed by atoms with van der Waals surface area (Å²) in [5.74, 6) is 0. The second kappa shape index (κ2) is 5.38. The maximum Gasteiger partial charge on any atom is 0.436 e. The summed E-state index contributed by atoms with van der Waals surface area (Å²) >= 11 is 0.914. The van der Waals surface area contributed by atoms with Gasteiger partial charge in [-0.25, -0.2) is 9.10 Å². The van der Waals surface area contributed by atoms with E-state index in [1.165, 1.54) is 7.11 Å². The minimum absolute atomic E-state index is 0.588. The van der Waals surface area contributed by atoms with Crippen molar-refractivity contribution < 1.29 is 18.8 Å². The normalized spacial score (nSPS) is 18.6. The van der Waals surface area contributed by atoms with E-state index in [-0.39, 0.29) is 0 Å². The van der Waals surface area contributed by atoms with Crippen LogP contribution in [0, 0.1) is 0 Å². The SMILES string of the molecule is CON(SN1CCOCC1)C(=O)F. The molecule has 0 aromatic carbocycles. The highest BCUT2D eigenvalue weighted by Gasteiger charge is 2.20. The van der Waals surface area contributed by atoms with Crippen molar-refractivity contribution in [3.8, 4) is 0 Å². The van der Waals surface area contributed by atoms with E-state index in [4.69, 9.17) is 4.74 Å². The standard InChI is InChI=1S/C6H11FN2O3S/c1-11-9(6(7)10)13-8-2-4-12-5-3-8/h2-5H2,1H3. The van der Waals surface area contributed by atoms with Gasteiger partial charge in [-0.05, 0) is 0 Å². The Morgan fingerprint density at radius 3 is 2.69 bits per heavy atom. The third-order valence-corrected chi connectivity index (χ3v) is 2.51. The molecule has 0 aliphatic carbocycles. The highest BCUT2D eigenvalue weighted by Crippen LogP contribution is 2.18. The zero-order chi connectivity index (χ0) is 9.68. The molecule has 13 heavy (non-hydrogen) atoms. The third-order valence-electron chi connectivity index (χ3n) is 1.47. The van der Waals surface area contributed by atoms with Gasteiger partial charge in [-0.1, -0.05) is 0 Å². The van der Waals surface area contributed by atoms with Gasteiger partial charge in [-0.2, -0.15) is 0 Å². The predicted octanol–water partition coefficient (Wildman–Crippen LogP) is 0.835. The second-order valence-electron chi connectivity index (χ2n) is 2.32. The maximum absolute atomic E-state index is 12.2. The van der Waals surface area contributed by atoms with Crippen molar-refractivity contribution in [1.82, 2.24) is 8.77 Å². The maximum atomic E-state index is 12.2. The average molecular weight is 210 g/mol. The summed E-state index contributed by atoms with van der Waals surface area (Å²) in [5, 5.41) is 0. The lowest BCUT2D eigenvalue weighted by atomic mass is 10.5.